The minimum Gasteiger partial charge on any atom is -0.379 e. The molecule has 0 aromatic carbocycles. The highest BCUT2D eigenvalue weighted by atomic mass is 32.1. The molecular weight excluding hydrogens is 259 g/mol. The van der Waals surface area contributed by atoms with E-state index in [1.54, 1.807) is 7.11 Å². The van der Waals surface area contributed by atoms with Gasteiger partial charge < -0.3 is 9.64 Å². The number of halogens is 1. The molecule has 0 aliphatic carbocycles. The molecule has 1 aliphatic rings. The van der Waals surface area contributed by atoms with Gasteiger partial charge in [0.2, 0.25) is 0 Å². The Labute approximate surface area is 108 Å². The zero-order valence-corrected chi connectivity index (χ0v) is 11.1. The van der Waals surface area contributed by atoms with Crippen LogP contribution in [0.3, 0.4) is 0 Å². The molecule has 0 radical (unpaired) electrons. The second-order valence-corrected chi connectivity index (χ2v) is 5.37. The molecule has 0 N–H and O–H groups in total. The highest BCUT2D eigenvalue weighted by Gasteiger charge is 2.28. The largest absolute Gasteiger partial charge is 0.391 e. The Hall–Kier alpha value is -1.21. The predicted octanol–water partition coefficient (Wildman–Crippen LogP) is 2.05. The smallest absolute Gasteiger partial charge is 0.379 e. The Kier molecular flexibility index (Phi) is 4.13. The Balaban J connectivity index is 2.07. The van der Waals surface area contributed by atoms with Gasteiger partial charge in [-0.05, 0) is 12.3 Å². The van der Waals surface area contributed by atoms with Crippen LogP contribution in [0.25, 0.3) is 0 Å². The number of carbonyl (C=O) groups is 1. The molecule has 0 unspecified atom stereocenters. The van der Waals surface area contributed by atoms with E-state index >= 15 is 0 Å². The van der Waals surface area contributed by atoms with E-state index in [2.05, 4.69) is 16.8 Å². The number of thiazole rings is 1. The summed E-state index contributed by atoms with van der Waals surface area (Å²) >= 11 is 1.13. The van der Waals surface area contributed by atoms with Crippen LogP contribution in [-0.2, 0) is 9.68 Å². The summed E-state index contributed by atoms with van der Waals surface area (Å²) in [6.45, 7) is 3.74. The number of aromatic nitrogens is 1. The van der Waals surface area contributed by atoms with Crippen LogP contribution in [0, 0.1) is 5.92 Å². The van der Waals surface area contributed by atoms with Crippen LogP contribution in [-0.4, -0.2) is 37.3 Å². The van der Waals surface area contributed by atoms with Gasteiger partial charge in [-0.15, -0.1) is 0 Å². The van der Waals surface area contributed by atoms with Gasteiger partial charge in [0, 0.05) is 24.7 Å². The number of methoxy groups -OCH3 is 1. The van der Waals surface area contributed by atoms with Crippen molar-refractivity contribution in [3.8, 4) is 0 Å². The number of rotatable bonds is 3. The molecule has 1 saturated heterocycles. The maximum atomic E-state index is 11.8. The normalized spacial score (nSPS) is 24.1. The first-order chi connectivity index (χ1) is 8.65. The van der Waals surface area contributed by atoms with Gasteiger partial charge in [0.25, 0.3) is 0 Å². The first-order valence-electron chi connectivity index (χ1n) is 5.72. The summed E-state index contributed by atoms with van der Waals surface area (Å²) in [6, 6.07) is 0. The van der Waals surface area contributed by atoms with Crippen LogP contribution in [0.5, 0.6) is 0 Å². The molecule has 1 aromatic heterocycles. The third kappa shape index (κ3) is 2.62. The molecule has 1 fully saturated rings. The summed E-state index contributed by atoms with van der Waals surface area (Å²) < 4.78 is 17.2. The maximum absolute atomic E-state index is 11.8. The number of nitrogens with zero attached hydrogens (tertiary/aromatic N) is 2. The second kappa shape index (κ2) is 5.62. The summed E-state index contributed by atoms with van der Waals surface area (Å²) in [6.07, 6.45) is 2.49. The molecule has 0 spiro atoms. The second-order valence-electron chi connectivity index (χ2n) is 4.36. The Morgan fingerprint density at radius 3 is 3.11 bits per heavy atom. The van der Waals surface area contributed by atoms with Crippen molar-refractivity contribution in [1.82, 2.24) is 4.98 Å². The molecule has 5 nitrogen and oxygen atoms in total. The van der Waals surface area contributed by atoms with Crippen LogP contribution in [0.4, 0.5) is 9.66 Å². The van der Waals surface area contributed by atoms with Crippen molar-refractivity contribution in [3.05, 3.63) is 11.1 Å². The van der Waals surface area contributed by atoms with Crippen molar-refractivity contribution in [2.75, 3.05) is 25.1 Å². The summed E-state index contributed by atoms with van der Waals surface area (Å²) in [5, 5.41) is 0.698. The number of ether oxygens (including phenoxy) is 1. The number of hydrogen-bond acceptors (Lipinski definition) is 6. The van der Waals surface area contributed by atoms with Crippen LogP contribution < -0.4 is 4.90 Å². The standard InChI is InChI=1S/C11H15FN2O3S/c1-7-3-4-14(6-8(7)16-2)11-13-5-9(18-11)10(15)17-12/h5,7-8H,3-4,6H2,1-2H3/t7-,8+/m1/s1. The van der Waals surface area contributed by atoms with Gasteiger partial charge in [-0.3, -0.25) is 0 Å². The average molecular weight is 274 g/mol. The average Bonchev–Trinajstić information content (AvgIpc) is 2.88. The van der Waals surface area contributed by atoms with Crippen LogP contribution in [0.15, 0.2) is 6.20 Å². The number of piperidine rings is 1. The molecule has 100 valence electrons. The van der Waals surface area contributed by atoms with Crippen molar-refractivity contribution < 1.29 is 19.0 Å². The van der Waals surface area contributed by atoms with Gasteiger partial charge in [0.1, 0.15) is 4.88 Å². The van der Waals surface area contributed by atoms with E-state index in [-0.39, 0.29) is 11.0 Å². The molecule has 18 heavy (non-hydrogen) atoms. The van der Waals surface area contributed by atoms with E-state index in [4.69, 9.17) is 4.74 Å². The van der Waals surface area contributed by atoms with Crippen molar-refractivity contribution >= 4 is 22.4 Å². The van der Waals surface area contributed by atoms with Crippen LogP contribution in [0.1, 0.15) is 23.0 Å². The minimum atomic E-state index is -0.993. The summed E-state index contributed by atoms with van der Waals surface area (Å²) in [5.74, 6) is -0.492. The molecule has 0 saturated carbocycles. The third-order valence-electron chi connectivity index (χ3n) is 3.23. The van der Waals surface area contributed by atoms with E-state index in [9.17, 15) is 9.32 Å². The number of hydrogen-bond donors (Lipinski definition) is 0. The highest BCUT2D eigenvalue weighted by molar-refractivity contribution is 7.17. The van der Waals surface area contributed by atoms with Crippen molar-refractivity contribution in [3.63, 3.8) is 0 Å². The molecule has 2 rings (SSSR count). The SMILES string of the molecule is CO[C@H]1CN(c2ncc(C(=O)OF)s2)CC[C@H]1C. The molecule has 1 aromatic rings. The van der Waals surface area contributed by atoms with Gasteiger partial charge in [0.15, 0.2) is 5.13 Å². The monoisotopic (exact) mass is 274 g/mol. The van der Waals surface area contributed by atoms with Gasteiger partial charge in [-0.2, -0.15) is 0 Å². The van der Waals surface area contributed by atoms with Gasteiger partial charge in [0.05, 0.1) is 12.3 Å². The molecular formula is C11H15FN2O3S. The Bertz CT molecular complexity index is 426. The van der Waals surface area contributed by atoms with E-state index in [1.165, 1.54) is 6.20 Å². The van der Waals surface area contributed by atoms with E-state index < -0.39 is 5.97 Å². The zero-order chi connectivity index (χ0) is 13.1. The maximum Gasteiger partial charge on any atom is 0.391 e. The predicted molar refractivity (Wildman–Crippen MR) is 65.4 cm³/mol. The van der Waals surface area contributed by atoms with Crippen LogP contribution in [0.2, 0.25) is 0 Å². The van der Waals surface area contributed by atoms with Crippen LogP contribution >= 0.6 is 11.3 Å². The number of carbonyl (C=O) groups excluding carboxylic acids is 1. The molecule has 2 heterocycles. The molecule has 7 heteroatoms. The molecule has 0 amide bonds. The topological polar surface area (TPSA) is 51.7 Å². The fourth-order valence-corrected chi connectivity index (χ4v) is 2.88. The summed E-state index contributed by atoms with van der Waals surface area (Å²) in [4.78, 5) is 20.5. The fourth-order valence-electron chi connectivity index (χ4n) is 2.06. The lowest BCUT2D eigenvalue weighted by atomic mass is 9.96. The minimum absolute atomic E-state index is 0.152. The van der Waals surface area contributed by atoms with Gasteiger partial charge in [-0.1, -0.05) is 18.3 Å². The van der Waals surface area contributed by atoms with E-state index in [1.807, 2.05) is 4.90 Å². The first kappa shape index (κ1) is 13.2. The third-order valence-corrected chi connectivity index (χ3v) is 4.27. The highest BCUT2D eigenvalue weighted by Crippen LogP contribution is 2.28. The van der Waals surface area contributed by atoms with E-state index in [0.717, 1.165) is 30.8 Å². The van der Waals surface area contributed by atoms with E-state index in [0.29, 0.717) is 11.0 Å². The lowest BCUT2D eigenvalue weighted by Gasteiger charge is -2.35. The Morgan fingerprint density at radius 2 is 2.44 bits per heavy atom. The fraction of sp³-hybridized carbons (Fsp3) is 0.636. The van der Waals surface area contributed by atoms with Crippen molar-refractivity contribution in [2.45, 2.75) is 19.4 Å². The molecule has 1 aliphatic heterocycles. The quantitative estimate of drug-likeness (QED) is 0.844. The zero-order valence-electron chi connectivity index (χ0n) is 10.3. The van der Waals surface area contributed by atoms with Gasteiger partial charge in [-0.25, -0.2) is 14.7 Å². The molecule has 0 bridgehead atoms. The van der Waals surface area contributed by atoms with Crippen molar-refractivity contribution in [2.24, 2.45) is 5.92 Å². The Morgan fingerprint density at radius 1 is 1.67 bits per heavy atom. The summed E-state index contributed by atoms with van der Waals surface area (Å²) in [7, 11) is 1.69. The summed E-state index contributed by atoms with van der Waals surface area (Å²) in [5.41, 5.74) is 0. The lowest BCUT2D eigenvalue weighted by Crippen LogP contribution is -2.43. The van der Waals surface area contributed by atoms with Crippen molar-refractivity contribution in [1.29, 1.82) is 0 Å². The number of anilines is 1. The van der Waals surface area contributed by atoms with Gasteiger partial charge >= 0.3 is 5.97 Å². The lowest BCUT2D eigenvalue weighted by molar-refractivity contribution is -0.0783. The molecule has 2 atom stereocenters. The first-order valence-corrected chi connectivity index (χ1v) is 6.53.